The smallest absolute Gasteiger partial charge is 0.330 e. The molecule has 1 heterocycles. The average Bonchev–Trinajstić information content (AvgIpc) is 3.29. The van der Waals surface area contributed by atoms with E-state index in [2.05, 4.69) is 61.6 Å². The lowest BCUT2D eigenvalue weighted by atomic mass is 9.43. The number of fused-ring (bicyclic) bond motifs is 8. The Balaban J connectivity index is 1.47. The van der Waals surface area contributed by atoms with Crippen LogP contribution in [0.25, 0.3) is 0 Å². The summed E-state index contributed by atoms with van der Waals surface area (Å²) in [5, 5.41) is 0.217. The Labute approximate surface area is 226 Å². The quantitative estimate of drug-likeness (QED) is 0.217. The molecule has 0 radical (unpaired) electrons. The zero-order valence-electron chi connectivity index (χ0n) is 25.1. The van der Waals surface area contributed by atoms with E-state index in [1.807, 2.05) is 0 Å². The monoisotopic (exact) mass is 532 g/mol. The third-order valence-electron chi connectivity index (χ3n) is 12.1. The molecule has 0 bridgehead atoms. The van der Waals surface area contributed by atoms with Crippen molar-refractivity contribution in [3.8, 4) is 0 Å². The van der Waals surface area contributed by atoms with Gasteiger partial charge in [-0.25, -0.2) is 4.79 Å². The van der Waals surface area contributed by atoms with Crippen LogP contribution in [0.5, 0.6) is 0 Å². The number of methoxy groups -OCH3 is 1. The van der Waals surface area contributed by atoms with Crippen LogP contribution >= 0.6 is 0 Å². The molecule has 0 aromatic carbocycles. The van der Waals surface area contributed by atoms with Gasteiger partial charge in [-0.1, -0.05) is 40.2 Å². The van der Waals surface area contributed by atoms with Gasteiger partial charge in [-0.2, -0.15) is 0 Å². The van der Waals surface area contributed by atoms with Crippen molar-refractivity contribution in [3.63, 3.8) is 0 Å². The summed E-state index contributed by atoms with van der Waals surface area (Å²) in [6, 6.07) is 0. The van der Waals surface area contributed by atoms with Gasteiger partial charge in [0.25, 0.3) is 0 Å². The van der Waals surface area contributed by atoms with Crippen molar-refractivity contribution in [2.75, 3.05) is 7.11 Å². The van der Waals surface area contributed by atoms with Crippen LogP contribution in [-0.2, 0) is 23.4 Å². The number of carbonyl (C=O) groups is 1. The third-order valence-corrected chi connectivity index (χ3v) is 16.6. The van der Waals surface area contributed by atoms with E-state index >= 15 is 0 Å². The van der Waals surface area contributed by atoms with Crippen molar-refractivity contribution in [1.29, 1.82) is 0 Å². The highest BCUT2D eigenvalue weighted by Crippen LogP contribution is 2.69. The van der Waals surface area contributed by atoms with Crippen molar-refractivity contribution in [2.24, 2.45) is 34.5 Å². The molecule has 0 aromatic rings. The molecule has 210 valence electrons. The van der Waals surface area contributed by atoms with Crippen molar-refractivity contribution in [2.45, 2.75) is 136 Å². The van der Waals surface area contributed by atoms with Gasteiger partial charge in [-0.15, -0.1) is 0 Å². The van der Waals surface area contributed by atoms with Gasteiger partial charge < -0.3 is 18.6 Å². The topological polar surface area (TPSA) is 54.0 Å². The van der Waals surface area contributed by atoms with Crippen LogP contribution in [0.4, 0.5) is 0 Å². The summed E-state index contributed by atoms with van der Waals surface area (Å²) in [6.45, 7) is 21.0. The summed E-state index contributed by atoms with van der Waals surface area (Å²) < 4.78 is 25.7. The van der Waals surface area contributed by atoms with Crippen molar-refractivity contribution in [1.82, 2.24) is 0 Å². The first-order chi connectivity index (χ1) is 17.0. The van der Waals surface area contributed by atoms with Gasteiger partial charge >= 0.3 is 5.97 Å². The van der Waals surface area contributed by atoms with E-state index in [-0.39, 0.29) is 34.0 Å². The molecule has 37 heavy (non-hydrogen) atoms. The summed E-state index contributed by atoms with van der Waals surface area (Å²) in [5.74, 6) is 1.30. The number of esters is 1. The van der Waals surface area contributed by atoms with Gasteiger partial charge in [-0.3, -0.25) is 0 Å². The minimum absolute atomic E-state index is 0.0435. The molecule has 5 rings (SSSR count). The van der Waals surface area contributed by atoms with Gasteiger partial charge in [0.1, 0.15) is 0 Å². The lowest BCUT2D eigenvalue weighted by Crippen LogP contribution is -2.63. The predicted molar refractivity (Wildman–Crippen MR) is 148 cm³/mol. The molecule has 0 amide bonds. The molecule has 4 aliphatic carbocycles. The molecule has 4 saturated carbocycles. The molecule has 9 atom stereocenters. The van der Waals surface area contributed by atoms with Crippen LogP contribution < -0.4 is 0 Å². The number of allylic oxidation sites excluding steroid dienone is 1. The second-order valence-corrected chi connectivity index (χ2v) is 20.2. The molecule has 5 aliphatic rings. The fourth-order valence-electron chi connectivity index (χ4n) is 9.13. The second-order valence-electron chi connectivity index (χ2n) is 15.4. The molecule has 0 spiro atoms. The standard InChI is InChI=1S/C31H52O5Si/c1-28(2,3)37(9,10)36-20-13-15-31(7)22-14-16-30(6)19(17-24(32)33-8)11-12-21(30)25(22)27-26(23(31)18-20)34-29(4,5)35-27/h17,20-23,25-27H,11-16,18H2,1-10H3/b19-17+/t20-,21?,22?,23?,25?,26+,27+,30+,31+/m0/s1. The van der Waals surface area contributed by atoms with Gasteiger partial charge in [0.15, 0.2) is 14.1 Å². The molecule has 1 saturated heterocycles. The molecule has 6 heteroatoms. The number of carbonyl (C=O) groups excluding carboxylic acids is 1. The number of hydrogen-bond donors (Lipinski definition) is 0. The lowest BCUT2D eigenvalue weighted by Gasteiger charge is -2.63. The predicted octanol–water partition coefficient (Wildman–Crippen LogP) is 7.26. The molecular formula is C31H52O5Si. The molecule has 4 unspecified atom stereocenters. The minimum Gasteiger partial charge on any atom is -0.466 e. The molecular weight excluding hydrogens is 480 g/mol. The summed E-state index contributed by atoms with van der Waals surface area (Å²) in [4.78, 5) is 12.2. The Morgan fingerprint density at radius 3 is 2.30 bits per heavy atom. The second kappa shape index (κ2) is 8.91. The Morgan fingerprint density at radius 1 is 0.973 bits per heavy atom. The molecule has 0 N–H and O–H groups in total. The average molecular weight is 533 g/mol. The van der Waals surface area contributed by atoms with Gasteiger partial charge in [0.05, 0.1) is 19.3 Å². The van der Waals surface area contributed by atoms with E-state index in [9.17, 15) is 4.79 Å². The number of ether oxygens (including phenoxy) is 3. The lowest BCUT2D eigenvalue weighted by molar-refractivity contribution is -0.181. The minimum atomic E-state index is -1.84. The normalized spacial score (nSPS) is 46.1. The van der Waals surface area contributed by atoms with Crippen LogP contribution in [-0.4, -0.2) is 45.5 Å². The van der Waals surface area contributed by atoms with Crippen molar-refractivity contribution >= 4 is 14.3 Å². The fourth-order valence-corrected chi connectivity index (χ4v) is 10.5. The van der Waals surface area contributed by atoms with E-state index in [4.69, 9.17) is 18.6 Å². The maximum Gasteiger partial charge on any atom is 0.330 e. The van der Waals surface area contributed by atoms with Crippen molar-refractivity contribution < 1.29 is 23.4 Å². The van der Waals surface area contributed by atoms with Gasteiger partial charge in [0, 0.05) is 12.2 Å². The summed E-state index contributed by atoms with van der Waals surface area (Å²) in [7, 11) is -0.357. The first-order valence-corrected chi connectivity index (χ1v) is 17.8. The Bertz CT molecular complexity index is 950. The van der Waals surface area contributed by atoms with Crippen LogP contribution in [0, 0.1) is 34.5 Å². The Hall–Kier alpha value is -0.693. The highest BCUT2D eigenvalue weighted by Gasteiger charge is 2.68. The van der Waals surface area contributed by atoms with E-state index in [1.165, 1.54) is 25.5 Å². The summed E-state index contributed by atoms with van der Waals surface area (Å²) in [6.07, 6.45) is 10.3. The first kappa shape index (κ1) is 27.9. The van der Waals surface area contributed by atoms with Gasteiger partial charge in [-0.05, 0) is 111 Å². The van der Waals surface area contributed by atoms with Crippen molar-refractivity contribution in [3.05, 3.63) is 11.6 Å². The van der Waals surface area contributed by atoms with Crippen LogP contribution in [0.3, 0.4) is 0 Å². The van der Waals surface area contributed by atoms with E-state index < -0.39 is 14.1 Å². The van der Waals surface area contributed by atoms with E-state index in [1.54, 1.807) is 6.08 Å². The summed E-state index contributed by atoms with van der Waals surface area (Å²) >= 11 is 0. The Kier molecular flexibility index (Phi) is 6.71. The zero-order chi connectivity index (χ0) is 27.2. The first-order valence-electron chi connectivity index (χ1n) is 14.8. The highest BCUT2D eigenvalue weighted by atomic mass is 28.4. The Morgan fingerprint density at radius 2 is 1.65 bits per heavy atom. The van der Waals surface area contributed by atoms with Gasteiger partial charge in [0.2, 0.25) is 0 Å². The van der Waals surface area contributed by atoms with Crippen LogP contribution in [0.15, 0.2) is 11.6 Å². The molecule has 5 nitrogen and oxygen atoms in total. The molecule has 5 fully saturated rings. The maximum atomic E-state index is 12.2. The zero-order valence-corrected chi connectivity index (χ0v) is 26.1. The number of rotatable bonds is 3. The largest absolute Gasteiger partial charge is 0.466 e. The number of hydrogen-bond acceptors (Lipinski definition) is 5. The molecule has 1 aliphatic heterocycles. The summed E-state index contributed by atoms with van der Waals surface area (Å²) in [5.41, 5.74) is 1.57. The fraction of sp³-hybridized carbons (Fsp3) is 0.903. The third kappa shape index (κ3) is 4.40. The highest BCUT2D eigenvalue weighted by molar-refractivity contribution is 6.74. The van der Waals surface area contributed by atoms with Crippen LogP contribution in [0.1, 0.15) is 93.4 Å². The SMILES string of the molecule is COC(=O)/C=C1\CCC2C3C(CC[C@]12C)[C@@]1(C)CC[C@H](O[Si](C)(C)C(C)(C)C)CC1[C@H]1OC(C)(C)O[C@H]31. The van der Waals surface area contributed by atoms with E-state index in [0.29, 0.717) is 29.8 Å². The molecule has 0 aromatic heterocycles. The van der Waals surface area contributed by atoms with Crippen LogP contribution in [0.2, 0.25) is 18.1 Å². The van der Waals surface area contributed by atoms with E-state index in [0.717, 1.165) is 32.1 Å². The maximum absolute atomic E-state index is 12.2.